The largest absolute Gasteiger partial charge is 0.461 e. The van der Waals surface area contributed by atoms with Crippen LogP contribution in [0.3, 0.4) is 0 Å². The number of carbonyl (C=O) groups excluding carboxylic acids is 6. The summed E-state index contributed by atoms with van der Waals surface area (Å²) in [5.41, 5.74) is 6.97. The molecule has 0 bridgehead atoms. The smallest absolute Gasteiger partial charge is 0.312 e. The van der Waals surface area contributed by atoms with Gasteiger partial charge in [0.15, 0.2) is 0 Å². The third-order valence-electron chi connectivity index (χ3n) is 7.84. The number of anilines is 1. The summed E-state index contributed by atoms with van der Waals surface area (Å²) in [5.74, 6) is -1.22. The highest BCUT2D eigenvalue weighted by Crippen LogP contribution is 2.25. The molecule has 1 aromatic carbocycles. The Morgan fingerprint density at radius 2 is 1.81 bits per heavy atom. The van der Waals surface area contributed by atoms with Crippen LogP contribution in [0.4, 0.5) is 10.5 Å². The van der Waals surface area contributed by atoms with Gasteiger partial charge in [-0.2, -0.15) is 11.8 Å². The van der Waals surface area contributed by atoms with Gasteiger partial charge in [0.25, 0.3) is 0 Å². The standard InChI is InChI=1S/C32H46N8O7S/c1-20(2)29(36-27(42)10-6-5-7-16-39-28(43)17-26(48-4)31(39)45)24-18-40(38-37-24)25(9-8-15-34-32(33)46)30(44)35-23-13-11-22(12-14-23)19-47-21(3)41/h11-14,18,20,25-26,29H,5-10,15-17,19H2,1-4H3,(H,35,44)(H,36,42)(H3,33,34,46)/t25-,26?,29-/m0/s1. The van der Waals surface area contributed by atoms with Crippen molar-refractivity contribution in [3.8, 4) is 0 Å². The summed E-state index contributed by atoms with van der Waals surface area (Å²) >= 11 is 1.39. The molecular formula is C32H46N8O7S. The van der Waals surface area contributed by atoms with Crippen molar-refractivity contribution in [1.29, 1.82) is 0 Å². The fourth-order valence-electron chi connectivity index (χ4n) is 5.20. The van der Waals surface area contributed by atoms with E-state index in [9.17, 15) is 28.8 Å². The molecule has 1 aliphatic heterocycles. The Hall–Kier alpha value is -4.47. The first-order valence-corrected chi connectivity index (χ1v) is 17.3. The van der Waals surface area contributed by atoms with E-state index in [4.69, 9.17) is 10.5 Å². The number of imide groups is 1. The number of primary amides is 1. The number of urea groups is 1. The van der Waals surface area contributed by atoms with Crippen LogP contribution in [0.5, 0.6) is 0 Å². The van der Waals surface area contributed by atoms with Crippen LogP contribution in [-0.2, 0) is 35.3 Å². The first-order valence-electron chi connectivity index (χ1n) is 16.0. The van der Waals surface area contributed by atoms with Crippen LogP contribution in [0, 0.1) is 5.92 Å². The second-order valence-electron chi connectivity index (χ2n) is 12.0. The molecule has 2 aromatic rings. The van der Waals surface area contributed by atoms with Gasteiger partial charge in [0.05, 0.1) is 17.5 Å². The minimum absolute atomic E-state index is 0.0341. The van der Waals surface area contributed by atoms with Gasteiger partial charge in [-0.15, -0.1) is 5.10 Å². The zero-order valence-corrected chi connectivity index (χ0v) is 28.7. The van der Waals surface area contributed by atoms with Gasteiger partial charge < -0.3 is 26.4 Å². The Balaban J connectivity index is 1.59. The fourth-order valence-corrected chi connectivity index (χ4v) is 5.84. The summed E-state index contributed by atoms with van der Waals surface area (Å²) in [4.78, 5) is 74.3. The monoisotopic (exact) mass is 686 g/mol. The summed E-state index contributed by atoms with van der Waals surface area (Å²) in [7, 11) is 0. The quantitative estimate of drug-likeness (QED) is 0.0965. The van der Waals surface area contributed by atoms with Crippen molar-refractivity contribution < 1.29 is 33.5 Å². The minimum atomic E-state index is -0.786. The summed E-state index contributed by atoms with van der Waals surface area (Å²) in [6, 6.07) is 4.97. The third-order valence-corrected chi connectivity index (χ3v) is 8.78. The lowest BCUT2D eigenvalue weighted by atomic mass is 10.0. The SMILES string of the molecule is CSC1CC(=O)N(CCCCCC(=O)N[C@H](c2cn([C@@H](CCCNC(N)=O)C(=O)Nc3ccc(COC(C)=O)cc3)nn2)C(C)C)C1=O. The molecule has 0 spiro atoms. The lowest BCUT2D eigenvalue weighted by Crippen LogP contribution is -2.33. The van der Waals surface area contributed by atoms with E-state index in [0.717, 1.165) is 5.56 Å². The van der Waals surface area contributed by atoms with Crippen molar-refractivity contribution in [1.82, 2.24) is 30.5 Å². The number of hydrogen-bond donors (Lipinski definition) is 4. The predicted octanol–water partition coefficient (Wildman–Crippen LogP) is 2.83. The first kappa shape index (κ1) is 38.0. The van der Waals surface area contributed by atoms with Crippen LogP contribution in [0.25, 0.3) is 0 Å². The predicted molar refractivity (Wildman–Crippen MR) is 179 cm³/mol. The van der Waals surface area contributed by atoms with E-state index in [1.165, 1.54) is 28.3 Å². The second kappa shape index (κ2) is 18.8. The van der Waals surface area contributed by atoms with Crippen molar-refractivity contribution in [2.75, 3.05) is 24.7 Å². The number of ether oxygens (including phenoxy) is 1. The van der Waals surface area contributed by atoms with E-state index >= 15 is 0 Å². The van der Waals surface area contributed by atoms with Crippen molar-refractivity contribution in [2.24, 2.45) is 11.7 Å². The molecule has 1 unspecified atom stereocenters. The van der Waals surface area contributed by atoms with E-state index in [0.29, 0.717) is 50.0 Å². The number of thioether (sulfide) groups is 1. The number of benzene rings is 1. The minimum Gasteiger partial charge on any atom is -0.461 e. The molecule has 5 N–H and O–H groups in total. The second-order valence-corrected chi connectivity index (χ2v) is 13.0. The highest BCUT2D eigenvalue weighted by Gasteiger charge is 2.37. The molecule has 1 aromatic heterocycles. The molecular weight excluding hydrogens is 640 g/mol. The van der Waals surface area contributed by atoms with Gasteiger partial charge in [0.2, 0.25) is 23.6 Å². The lowest BCUT2D eigenvalue weighted by Gasteiger charge is -2.20. The lowest BCUT2D eigenvalue weighted by molar-refractivity contribution is -0.142. The Morgan fingerprint density at radius 1 is 1.08 bits per heavy atom. The molecule has 262 valence electrons. The zero-order valence-electron chi connectivity index (χ0n) is 27.9. The number of nitrogens with one attached hydrogen (secondary N) is 3. The van der Waals surface area contributed by atoms with Crippen molar-refractivity contribution >= 4 is 53.1 Å². The fraction of sp³-hybridized carbons (Fsp3) is 0.562. The number of rotatable bonds is 19. The highest BCUT2D eigenvalue weighted by molar-refractivity contribution is 8.00. The first-order chi connectivity index (χ1) is 22.9. The number of nitrogens with zero attached hydrogens (tertiary/aromatic N) is 4. The van der Waals surface area contributed by atoms with Gasteiger partial charge >= 0.3 is 12.0 Å². The molecule has 2 heterocycles. The molecule has 3 atom stereocenters. The normalized spacial score (nSPS) is 15.7. The summed E-state index contributed by atoms with van der Waals surface area (Å²) in [6.07, 6.45) is 6.63. The van der Waals surface area contributed by atoms with Gasteiger partial charge in [-0.05, 0) is 55.6 Å². The van der Waals surface area contributed by atoms with Gasteiger partial charge in [0, 0.05) is 38.5 Å². The molecule has 48 heavy (non-hydrogen) atoms. The van der Waals surface area contributed by atoms with Crippen LogP contribution in [-0.4, -0.2) is 80.1 Å². The van der Waals surface area contributed by atoms with E-state index in [2.05, 4.69) is 26.3 Å². The summed E-state index contributed by atoms with van der Waals surface area (Å²) in [6.45, 7) is 5.97. The maximum Gasteiger partial charge on any atom is 0.312 e. The maximum absolute atomic E-state index is 13.5. The van der Waals surface area contributed by atoms with E-state index in [-0.39, 0.29) is 66.8 Å². The highest BCUT2D eigenvalue weighted by atomic mass is 32.2. The Labute approximate surface area is 284 Å². The molecule has 3 rings (SSSR count). The van der Waals surface area contributed by atoms with Gasteiger partial charge in [0.1, 0.15) is 18.3 Å². The number of esters is 1. The number of likely N-dealkylation sites (tertiary alicyclic amines) is 1. The molecule has 16 heteroatoms. The van der Waals surface area contributed by atoms with E-state index in [1.54, 1.807) is 30.5 Å². The average Bonchev–Trinajstić information content (AvgIpc) is 3.62. The topological polar surface area (TPSA) is 208 Å². The van der Waals surface area contributed by atoms with Crippen LogP contribution < -0.4 is 21.7 Å². The maximum atomic E-state index is 13.5. The molecule has 1 saturated heterocycles. The molecule has 1 fully saturated rings. The molecule has 1 aliphatic rings. The molecule has 15 nitrogen and oxygen atoms in total. The van der Waals surface area contributed by atoms with E-state index < -0.39 is 18.1 Å². The number of carbonyl (C=O) groups is 6. The van der Waals surface area contributed by atoms with Crippen LogP contribution in [0.1, 0.15) is 89.1 Å². The number of amides is 6. The van der Waals surface area contributed by atoms with Gasteiger partial charge in [-0.3, -0.25) is 28.9 Å². The van der Waals surface area contributed by atoms with Crippen LogP contribution >= 0.6 is 11.8 Å². The number of unbranched alkanes of at least 4 members (excludes halogenated alkanes) is 2. The Bertz CT molecular complexity index is 1430. The number of hydrogen-bond acceptors (Lipinski definition) is 10. The Kier molecular flexibility index (Phi) is 14.8. The molecule has 6 amide bonds. The van der Waals surface area contributed by atoms with Gasteiger partial charge in [-0.1, -0.05) is 37.6 Å². The third kappa shape index (κ3) is 11.6. The van der Waals surface area contributed by atoms with Crippen molar-refractivity contribution in [2.45, 2.75) is 89.7 Å². The van der Waals surface area contributed by atoms with Crippen molar-refractivity contribution in [3.05, 3.63) is 41.7 Å². The van der Waals surface area contributed by atoms with E-state index in [1.807, 2.05) is 20.1 Å². The molecule has 0 radical (unpaired) electrons. The van der Waals surface area contributed by atoms with Crippen LogP contribution in [0.15, 0.2) is 30.5 Å². The number of nitrogens with two attached hydrogens (primary N) is 1. The Morgan fingerprint density at radius 3 is 2.44 bits per heavy atom. The van der Waals surface area contributed by atoms with Crippen LogP contribution in [0.2, 0.25) is 0 Å². The zero-order chi connectivity index (χ0) is 35.2. The average molecular weight is 687 g/mol. The van der Waals surface area contributed by atoms with Crippen molar-refractivity contribution in [3.63, 3.8) is 0 Å². The summed E-state index contributed by atoms with van der Waals surface area (Å²) < 4.78 is 6.46. The molecule has 0 saturated carbocycles. The van der Waals surface area contributed by atoms with Gasteiger partial charge in [-0.25, -0.2) is 9.48 Å². The summed E-state index contributed by atoms with van der Waals surface area (Å²) in [5, 5.41) is 16.7. The number of aromatic nitrogens is 3. The molecule has 0 aliphatic carbocycles.